The first-order valence-electron chi connectivity index (χ1n) is 11.3. The van der Waals surface area contributed by atoms with Crippen molar-refractivity contribution in [2.45, 2.75) is 59.0 Å². The van der Waals surface area contributed by atoms with Crippen LogP contribution in [0.3, 0.4) is 0 Å². The molecule has 8 nitrogen and oxygen atoms in total. The number of ether oxygens (including phenoxy) is 2. The van der Waals surface area contributed by atoms with Crippen LogP contribution in [0.2, 0.25) is 0 Å². The Balaban J connectivity index is 1.96. The number of non-ortho nitro benzene ring substituents is 1. The lowest BCUT2D eigenvalue weighted by Crippen LogP contribution is -2.37. The zero-order valence-corrected chi connectivity index (χ0v) is 19.8. The van der Waals surface area contributed by atoms with Gasteiger partial charge in [-0.1, -0.05) is 39.3 Å². The molecule has 0 aromatic heterocycles. The van der Waals surface area contributed by atoms with Crippen LogP contribution in [0.25, 0.3) is 0 Å². The van der Waals surface area contributed by atoms with Gasteiger partial charge >= 0.3 is 11.9 Å². The Kier molecular flexibility index (Phi) is 7.56. The molecule has 1 aliphatic heterocycles. The molecule has 0 radical (unpaired) electrons. The van der Waals surface area contributed by atoms with Crippen LogP contribution in [-0.4, -0.2) is 30.1 Å². The van der Waals surface area contributed by atoms with E-state index < -0.39 is 22.8 Å². The van der Waals surface area contributed by atoms with E-state index in [0.29, 0.717) is 23.1 Å². The molecular weight excluding hydrogens is 424 g/mol. The van der Waals surface area contributed by atoms with Gasteiger partial charge in [-0.15, -0.1) is 0 Å². The maximum atomic E-state index is 13.4. The Labute approximate surface area is 194 Å². The first-order valence-corrected chi connectivity index (χ1v) is 11.3. The Morgan fingerprint density at radius 3 is 2.39 bits per heavy atom. The quantitative estimate of drug-likeness (QED) is 0.378. The number of hydrogen-bond donors (Lipinski definition) is 1. The van der Waals surface area contributed by atoms with E-state index in [2.05, 4.69) is 26.1 Å². The van der Waals surface area contributed by atoms with Gasteiger partial charge in [0.1, 0.15) is 6.10 Å². The number of hydrogen-bond acceptors (Lipinski definition) is 7. The summed E-state index contributed by atoms with van der Waals surface area (Å²) in [6.45, 7) is 8.18. The topological polar surface area (TPSA) is 108 Å². The van der Waals surface area contributed by atoms with Gasteiger partial charge < -0.3 is 14.8 Å². The highest BCUT2D eigenvalue weighted by Gasteiger charge is 2.39. The lowest BCUT2D eigenvalue weighted by atomic mass is 9.75. The van der Waals surface area contributed by atoms with Crippen LogP contribution in [-0.2, 0) is 19.1 Å². The number of methoxy groups -OCH3 is 1. The molecule has 1 aromatic carbocycles. The summed E-state index contributed by atoms with van der Waals surface area (Å²) >= 11 is 0. The molecule has 0 spiro atoms. The van der Waals surface area contributed by atoms with Gasteiger partial charge in [-0.25, -0.2) is 9.59 Å². The van der Waals surface area contributed by atoms with Gasteiger partial charge in [0.25, 0.3) is 5.69 Å². The van der Waals surface area contributed by atoms with Gasteiger partial charge in [0, 0.05) is 24.0 Å². The van der Waals surface area contributed by atoms with E-state index in [1.165, 1.54) is 19.2 Å². The van der Waals surface area contributed by atoms with Crippen molar-refractivity contribution in [1.29, 1.82) is 0 Å². The molecular formula is C25H32N2O6. The summed E-state index contributed by atoms with van der Waals surface area (Å²) in [5.74, 6) is -0.706. The van der Waals surface area contributed by atoms with Gasteiger partial charge in [0.15, 0.2) is 0 Å². The fraction of sp³-hybridized carbons (Fsp3) is 0.520. The van der Waals surface area contributed by atoms with Crippen LogP contribution in [0.1, 0.15) is 58.4 Å². The SMILES string of the molecule is COC(=O)C1=C(C)NC=C(C(=O)O[C@@H]2C[C@H](C)CC[C@H]2C(C)C)C1c1ccc([N+](=O)[O-])cc1. The van der Waals surface area contributed by atoms with Crippen molar-refractivity contribution in [2.75, 3.05) is 7.11 Å². The fourth-order valence-electron chi connectivity index (χ4n) is 4.87. The molecule has 0 saturated heterocycles. The molecule has 1 N–H and O–H groups in total. The lowest BCUT2D eigenvalue weighted by Gasteiger charge is -2.37. The minimum atomic E-state index is -0.759. The number of dihydropyridines is 1. The van der Waals surface area contributed by atoms with Gasteiger partial charge in [0.2, 0.25) is 0 Å². The summed E-state index contributed by atoms with van der Waals surface area (Å²) in [6.07, 6.45) is 4.28. The molecule has 4 atom stereocenters. The Morgan fingerprint density at radius 2 is 1.82 bits per heavy atom. The zero-order valence-electron chi connectivity index (χ0n) is 19.8. The van der Waals surface area contributed by atoms with Gasteiger partial charge in [-0.2, -0.15) is 0 Å². The number of nitro benzene ring substituents is 1. The van der Waals surface area contributed by atoms with Crippen molar-refractivity contribution in [1.82, 2.24) is 5.32 Å². The van der Waals surface area contributed by atoms with E-state index in [1.807, 2.05) is 0 Å². The monoisotopic (exact) mass is 456 g/mol. The summed E-state index contributed by atoms with van der Waals surface area (Å²) in [5.41, 5.74) is 1.60. The van der Waals surface area contributed by atoms with Crippen molar-refractivity contribution >= 4 is 17.6 Å². The second kappa shape index (κ2) is 10.2. The second-order valence-corrected chi connectivity index (χ2v) is 9.33. The van der Waals surface area contributed by atoms with E-state index in [9.17, 15) is 19.7 Å². The number of nitro groups is 1. The van der Waals surface area contributed by atoms with E-state index in [4.69, 9.17) is 9.47 Å². The molecule has 2 aliphatic rings. The molecule has 1 aliphatic carbocycles. The molecule has 1 aromatic rings. The molecule has 0 amide bonds. The standard InChI is InChI=1S/C25H32N2O6/c1-14(2)19-11-6-15(3)12-21(19)33-24(28)20-13-26-16(4)22(25(29)32-5)23(20)17-7-9-18(10-8-17)27(30)31/h7-10,13-15,19,21,23,26H,6,11-12H2,1-5H3/t15-,19+,21-,23?/m1/s1. The Bertz CT molecular complexity index is 979. The molecule has 8 heteroatoms. The highest BCUT2D eigenvalue weighted by Crippen LogP contribution is 2.40. The fourth-order valence-corrected chi connectivity index (χ4v) is 4.87. The average molecular weight is 457 g/mol. The van der Waals surface area contributed by atoms with Crippen molar-refractivity contribution in [3.05, 3.63) is 63.0 Å². The molecule has 1 heterocycles. The Morgan fingerprint density at radius 1 is 1.15 bits per heavy atom. The van der Waals surface area contributed by atoms with Crippen molar-refractivity contribution in [3.8, 4) is 0 Å². The summed E-state index contributed by atoms with van der Waals surface area (Å²) in [5, 5.41) is 14.1. The maximum Gasteiger partial charge on any atom is 0.336 e. The van der Waals surface area contributed by atoms with E-state index in [1.54, 1.807) is 25.3 Å². The number of nitrogens with zero attached hydrogens (tertiary/aromatic N) is 1. The van der Waals surface area contributed by atoms with Crippen LogP contribution in [0.4, 0.5) is 5.69 Å². The summed E-state index contributed by atoms with van der Waals surface area (Å²) in [4.78, 5) is 36.7. The molecule has 1 unspecified atom stereocenters. The van der Waals surface area contributed by atoms with E-state index >= 15 is 0 Å². The second-order valence-electron chi connectivity index (χ2n) is 9.33. The average Bonchev–Trinajstić information content (AvgIpc) is 2.78. The van der Waals surface area contributed by atoms with Crippen molar-refractivity contribution < 1.29 is 24.0 Å². The van der Waals surface area contributed by atoms with Crippen LogP contribution in [0.15, 0.2) is 47.3 Å². The third-order valence-corrected chi connectivity index (χ3v) is 6.75. The summed E-state index contributed by atoms with van der Waals surface area (Å²) in [6, 6.07) is 5.85. The number of benzene rings is 1. The highest BCUT2D eigenvalue weighted by molar-refractivity contribution is 5.99. The predicted octanol–water partition coefficient (Wildman–Crippen LogP) is 4.62. The molecule has 0 bridgehead atoms. The van der Waals surface area contributed by atoms with Crippen molar-refractivity contribution in [2.24, 2.45) is 17.8 Å². The lowest BCUT2D eigenvalue weighted by molar-refractivity contribution is -0.384. The number of esters is 2. The van der Waals surface area contributed by atoms with Crippen LogP contribution >= 0.6 is 0 Å². The number of rotatable bonds is 6. The van der Waals surface area contributed by atoms with Crippen LogP contribution < -0.4 is 5.32 Å². The molecule has 178 valence electrons. The number of carbonyl (C=O) groups excluding carboxylic acids is 2. The summed E-state index contributed by atoms with van der Waals surface area (Å²) in [7, 11) is 1.28. The molecule has 33 heavy (non-hydrogen) atoms. The first-order chi connectivity index (χ1) is 15.6. The van der Waals surface area contributed by atoms with Gasteiger partial charge in [0.05, 0.1) is 29.1 Å². The summed E-state index contributed by atoms with van der Waals surface area (Å²) < 4.78 is 11.0. The van der Waals surface area contributed by atoms with Gasteiger partial charge in [-0.05, 0) is 43.1 Å². The largest absolute Gasteiger partial charge is 0.466 e. The number of nitrogens with one attached hydrogen (secondary N) is 1. The first kappa shape index (κ1) is 24.5. The highest BCUT2D eigenvalue weighted by atomic mass is 16.6. The third-order valence-electron chi connectivity index (χ3n) is 6.75. The number of carbonyl (C=O) groups is 2. The van der Waals surface area contributed by atoms with Crippen molar-refractivity contribution in [3.63, 3.8) is 0 Å². The van der Waals surface area contributed by atoms with Crippen LogP contribution in [0.5, 0.6) is 0 Å². The van der Waals surface area contributed by atoms with E-state index in [0.717, 1.165) is 19.3 Å². The van der Waals surface area contributed by atoms with Gasteiger partial charge in [-0.3, -0.25) is 10.1 Å². The minimum Gasteiger partial charge on any atom is -0.466 e. The van der Waals surface area contributed by atoms with E-state index in [-0.39, 0.29) is 28.9 Å². The molecule has 1 fully saturated rings. The third kappa shape index (κ3) is 5.26. The molecule has 1 saturated carbocycles. The zero-order chi connectivity index (χ0) is 24.3. The smallest absolute Gasteiger partial charge is 0.336 e. The Hall–Kier alpha value is -3.16. The number of allylic oxidation sites excluding steroid dienone is 1. The predicted molar refractivity (Wildman–Crippen MR) is 123 cm³/mol. The van der Waals surface area contributed by atoms with Crippen LogP contribution in [0, 0.1) is 27.9 Å². The normalized spacial score (nSPS) is 25.2. The minimum absolute atomic E-state index is 0.0721. The maximum absolute atomic E-state index is 13.4. The molecule has 3 rings (SSSR count).